The zero-order valence-corrected chi connectivity index (χ0v) is 11.1. The Labute approximate surface area is 113 Å². The first-order valence-electron chi connectivity index (χ1n) is 6.56. The molecule has 0 aromatic heterocycles. The highest BCUT2D eigenvalue weighted by Gasteiger charge is 2.17. The van der Waals surface area contributed by atoms with Crippen molar-refractivity contribution in [2.75, 3.05) is 19.8 Å². The van der Waals surface area contributed by atoms with Crippen LogP contribution in [0, 0.1) is 5.41 Å². The molecule has 19 heavy (non-hydrogen) atoms. The van der Waals surface area contributed by atoms with Crippen molar-refractivity contribution in [2.45, 2.75) is 25.9 Å². The first kappa shape index (κ1) is 13.7. The molecule has 0 saturated carbocycles. The summed E-state index contributed by atoms with van der Waals surface area (Å²) in [6.45, 7) is 3.94. The first-order valence-corrected chi connectivity index (χ1v) is 6.56. The summed E-state index contributed by atoms with van der Waals surface area (Å²) in [5, 5.41) is 7.45. The third-order valence-electron chi connectivity index (χ3n) is 3.02. The quantitative estimate of drug-likeness (QED) is 0.629. The van der Waals surface area contributed by atoms with Crippen LogP contribution in [-0.2, 0) is 4.74 Å². The summed E-state index contributed by atoms with van der Waals surface area (Å²) < 4.78 is 16.8. The molecular weight excluding hydrogens is 244 g/mol. The second-order valence-corrected chi connectivity index (χ2v) is 4.44. The maximum atomic E-state index is 7.45. The summed E-state index contributed by atoms with van der Waals surface area (Å²) in [7, 11) is 0. The monoisotopic (exact) mass is 264 g/mol. The lowest BCUT2D eigenvalue weighted by molar-refractivity contribution is 0.0243. The zero-order chi connectivity index (χ0) is 13.7. The first-order chi connectivity index (χ1) is 9.20. The Morgan fingerprint density at radius 2 is 2.11 bits per heavy atom. The van der Waals surface area contributed by atoms with Gasteiger partial charge in [-0.25, -0.2) is 0 Å². The van der Waals surface area contributed by atoms with E-state index in [9.17, 15) is 0 Å². The van der Waals surface area contributed by atoms with Crippen molar-refractivity contribution in [3.63, 3.8) is 0 Å². The van der Waals surface area contributed by atoms with Crippen LogP contribution in [0.15, 0.2) is 18.2 Å². The summed E-state index contributed by atoms with van der Waals surface area (Å²) in [4.78, 5) is 0. The normalized spacial score (nSPS) is 16.1. The van der Waals surface area contributed by atoms with E-state index < -0.39 is 0 Å². The second kappa shape index (κ2) is 6.43. The van der Waals surface area contributed by atoms with Crippen LogP contribution >= 0.6 is 0 Å². The van der Waals surface area contributed by atoms with Gasteiger partial charge >= 0.3 is 0 Å². The van der Waals surface area contributed by atoms with Gasteiger partial charge in [0.2, 0.25) is 0 Å². The number of rotatable bonds is 5. The van der Waals surface area contributed by atoms with E-state index >= 15 is 0 Å². The molecule has 5 heteroatoms. The lowest BCUT2D eigenvalue weighted by atomic mass is 10.1. The minimum atomic E-state index is 0.0265. The number of ether oxygens (including phenoxy) is 3. The average Bonchev–Trinajstić information content (AvgIpc) is 2.42. The molecule has 1 heterocycles. The lowest BCUT2D eigenvalue weighted by Crippen LogP contribution is -2.26. The second-order valence-electron chi connectivity index (χ2n) is 4.44. The van der Waals surface area contributed by atoms with Crippen LogP contribution in [0.2, 0.25) is 0 Å². The maximum absolute atomic E-state index is 7.45. The Kier molecular flexibility index (Phi) is 4.63. The van der Waals surface area contributed by atoms with E-state index in [1.165, 1.54) is 0 Å². The predicted molar refractivity (Wildman–Crippen MR) is 73.1 cm³/mol. The van der Waals surface area contributed by atoms with Crippen molar-refractivity contribution >= 4 is 5.84 Å². The van der Waals surface area contributed by atoms with Gasteiger partial charge in [-0.15, -0.1) is 0 Å². The van der Waals surface area contributed by atoms with Gasteiger partial charge in [-0.05, 0) is 25.1 Å². The van der Waals surface area contributed by atoms with Crippen LogP contribution in [-0.4, -0.2) is 31.8 Å². The van der Waals surface area contributed by atoms with Gasteiger partial charge in [0.05, 0.1) is 19.8 Å². The van der Waals surface area contributed by atoms with Crippen molar-refractivity contribution in [3.8, 4) is 11.5 Å². The number of benzene rings is 1. The average molecular weight is 264 g/mol. The molecule has 3 N–H and O–H groups in total. The SMILES string of the molecule is CCOc1cc(C(=N)N)ccc1OC1CCOCC1. The van der Waals surface area contributed by atoms with Gasteiger partial charge in [-0.1, -0.05) is 0 Å². The summed E-state index contributed by atoms with van der Waals surface area (Å²) in [5.74, 6) is 1.37. The zero-order valence-electron chi connectivity index (χ0n) is 11.1. The fourth-order valence-electron chi connectivity index (χ4n) is 2.01. The molecule has 2 rings (SSSR count). The summed E-state index contributed by atoms with van der Waals surface area (Å²) in [6.07, 6.45) is 1.94. The number of hydrogen-bond donors (Lipinski definition) is 2. The maximum Gasteiger partial charge on any atom is 0.161 e. The number of amidine groups is 1. The molecule has 1 aliphatic heterocycles. The molecule has 1 aliphatic rings. The molecule has 104 valence electrons. The van der Waals surface area contributed by atoms with Crippen LogP contribution in [0.3, 0.4) is 0 Å². The van der Waals surface area contributed by atoms with Gasteiger partial charge in [0.25, 0.3) is 0 Å². The Balaban J connectivity index is 2.15. The summed E-state index contributed by atoms with van der Waals surface area (Å²) in [5.41, 5.74) is 6.12. The number of nitrogens with one attached hydrogen (secondary N) is 1. The molecule has 5 nitrogen and oxygen atoms in total. The number of hydrogen-bond acceptors (Lipinski definition) is 4. The van der Waals surface area contributed by atoms with Crippen LogP contribution in [0.1, 0.15) is 25.3 Å². The third-order valence-corrected chi connectivity index (χ3v) is 3.02. The van der Waals surface area contributed by atoms with E-state index in [1.54, 1.807) is 12.1 Å². The topological polar surface area (TPSA) is 77.6 Å². The fraction of sp³-hybridized carbons (Fsp3) is 0.500. The van der Waals surface area contributed by atoms with Crippen LogP contribution in [0.5, 0.6) is 11.5 Å². The van der Waals surface area contributed by atoms with Crippen LogP contribution in [0.4, 0.5) is 0 Å². The van der Waals surface area contributed by atoms with Crippen molar-refractivity contribution in [2.24, 2.45) is 5.73 Å². The predicted octanol–water partition coefficient (Wildman–Crippen LogP) is 1.93. The van der Waals surface area contributed by atoms with Crippen molar-refractivity contribution in [1.82, 2.24) is 0 Å². The Hall–Kier alpha value is -1.75. The molecular formula is C14H20N2O3. The Bertz CT molecular complexity index is 442. The molecule has 0 atom stereocenters. The molecule has 1 aromatic carbocycles. The molecule has 0 amide bonds. The highest BCUT2D eigenvalue weighted by atomic mass is 16.5. The number of nitrogens with two attached hydrogens (primary N) is 1. The summed E-state index contributed by atoms with van der Waals surface area (Å²) in [6, 6.07) is 5.34. The van der Waals surface area contributed by atoms with E-state index in [0.717, 1.165) is 26.1 Å². The Morgan fingerprint density at radius 3 is 2.74 bits per heavy atom. The van der Waals surface area contributed by atoms with E-state index in [0.29, 0.717) is 23.7 Å². The van der Waals surface area contributed by atoms with Gasteiger partial charge in [-0.3, -0.25) is 5.41 Å². The summed E-state index contributed by atoms with van der Waals surface area (Å²) >= 11 is 0. The van der Waals surface area contributed by atoms with Crippen molar-refractivity contribution in [3.05, 3.63) is 23.8 Å². The minimum absolute atomic E-state index is 0.0265. The molecule has 1 fully saturated rings. The Morgan fingerprint density at radius 1 is 1.37 bits per heavy atom. The van der Waals surface area contributed by atoms with E-state index in [2.05, 4.69) is 0 Å². The lowest BCUT2D eigenvalue weighted by Gasteiger charge is -2.24. The highest BCUT2D eigenvalue weighted by molar-refractivity contribution is 5.95. The number of nitrogen functional groups attached to an aromatic ring is 1. The highest BCUT2D eigenvalue weighted by Crippen LogP contribution is 2.30. The smallest absolute Gasteiger partial charge is 0.161 e. The van der Waals surface area contributed by atoms with E-state index in [1.807, 2.05) is 13.0 Å². The van der Waals surface area contributed by atoms with Crippen molar-refractivity contribution in [1.29, 1.82) is 5.41 Å². The van der Waals surface area contributed by atoms with Crippen LogP contribution in [0.25, 0.3) is 0 Å². The molecule has 1 saturated heterocycles. The largest absolute Gasteiger partial charge is 0.490 e. The van der Waals surface area contributed by atoms with Gasteiger partial charge in [0, 0.05) is 18.4 Å². The third kappa shape index (κ3) is 3.61. The molecule has 0 bridgehead atoms. The van der Waals surface area contributed by atoms with Crippen molar-refractivity contribution < 1.29 is 14.2 Å². The standard InChI is InChI=1S/C14H20N2O3/c1-2-18-13-9-10(14(15)16)3-4-12(13)19-11-5-7-17-8-6-11/h3-4,9,11H,2,5-8H2,1H3,(H3,15,16). The minimum Gasteiger partial charge on any atom is -0.490 e. The van der Waals surface area contributed by atoms with Gasteiger partial charge < -0.3 is 19.9 Å². The van der Waals surface area contributed by atoms with Gasteiger partial charge in [0.15, 0.2) is 11.5 Å². The molecule has 0 radical (unpaired) electrons. The fourth-order valence-corrected chi connectivity index (χ4v) is 2.01. The van der Waals surface area contributed by atoms with E-state index in [4.69, 9.17) is 25.4 Å². The molecule has 0 spiro atoms. The molecule has 0 unspecified atom stereocenters. The molecule has 1 aromatic rings. The van der Waals surface area contributed by atoms with E-state index in [-0.39, 0.29) is 11.9 Å². The van der Waals surface area contributed by atoms with Gasteiger partial charge in [0.1, 0.15) is 11.9 Å². The van der Waals surface area contributed by atoms with Crippen LogP contribution < -0.4 is 15.2 Å². The molecule has 0 aliphatic carbocycles. The van der Waals surface area contributed by atoms with Gasteiger partial charge in [-0.2, -0.15) is 0 Å².